The molecule has 0 aliphatic carbocycles. The number of hydrogen-bond acceptors (Lipinski definition) is 6. The zero-order valence-electron chi connectivity index (χ0n) is 14.5. The Morgan fingerprint density at radius 1 is 1.17 bits per heavy atom. The van der Waals surface area contributed by atoms with Crippen LogP contribution in [0, 0.1) is 0 Å². The van der Waals surface area contributed by atoms with E-state index in [1.165, 1.54) is 27.0 Å². The van der Waals surface area contributed by atoms with E-state index in [4.69, 9.17) is 18.9 Å². The highest BCUT2D eigenvalue weighted by Crippen LogP contribution is 2.31. The van der Waals surface area contributed by atoms with Crippen LogP contribution in [0.1, 0.15) is 39.7 Å². The van der Waals surface area contributed by atoms with Gasteiger partial charge in [-0.1, -0.05) is 13.0 Å². The molecule has 6 nitrogen and oxygen atoms in total. The Kier molecular flexibility index (Phi) is 5.17. The molecule has 0 saturated carbocycles. The summed E-state index contributed by atoms with van der Waals surface area (Å²) in [6, 6.07) is 5.15. The van der Waals surface area contributed by atoms with Crippen molar-refractivity contribution in [2.75, 3.05) is 7.11 Å². The standard InChI is InChI=1S/C18H22O6/c1-6-11(2)22-14-8-7-12(10-15(14)21-5)9-13-16(19)23-18(3,4)24-17(13)20/h7-11H,6H2,1-5H3. The summed E-state index contributed by atoms with van der Waals surface area (Å²) in [5.74, 6) is -1.56. The number of benzene rings is 1. The summed E-state index contributed by atoms with van der Waals surface area (Å²) in [6.45, 7) is 7.00. The van der Waals surface area contributed by atoms with Crippen LogP contribution in [0.25, 0.3) is 6.08 Å². The maximum Gasteiger partial charge on any atom is 0.348 e. The van der Waals surface area contributed by atoms with Gasteiger partial charge in [0.05, 0.1) is 13.2 Å². The molecule has 0 spiro atoms. The molecule has 24 heavy (non-hydrogen) atoms. The molecule has 1 unspecified atom stereocenters. The largest absolute Gasteiger partial charge is 0.493 e. The molecule has 1 aliphatic heterocycles. The summed E-state index contributed by atoms with van der Waals surface area (Å²) in [5, 5.41) is 0. The van der Waals surface area contributed by atoms with Gasteiger partial charge in [0.15, 0.2) is 11.5 Å². The number of esters is 2. The van der Waals surface area contributed by atoms with Gasteiger partial charge in [-0.25, -0.2) is 9.59 Å². The van der Waals surface area contributed by atoms with Crippen molar-refractivity contribution in [3.8, 4) is 11.5 Å². The lowest BCUT2D eigenvalue weighted by Crippen LogP contribution is -2.41. The van der Waals surface area contributed by atoms with Gasteiger partial charge in [-0.05, 0) is 37.1 Å². The summed E-state index contributed by atoms with van der Waals surface area (Å²) in [5.41, 5.74) is 0.443. The van der Waals surface area contributed by atoms with E-state index in [-0.39, 0.29) is 11.7 Å². The minimum absolute atomic E-state index is 0.0497. The quantitative estimate of drug-likeness (QED) is 0.468. The molecular formula is C18H22O6. The first kappa shape index (κ1) is 17.8. The third-order valence-corrected chi connectivity index (χ3v) is 3.52. The van der Waals surface area contributed by atoms with E-state index in [1.54, 1.807) is 18.2 Å². The number of carbonyl (C=O) groups is 2. The zero-order chi connectivity index (χ0) is 17.9. The minimum atomic E-state index is -1.25. The maximum absolute atomic E-state index is 12.0. The lowest BCUT2D eigenvalue weighted by Gasteiger charge is -2.29. The van der Waals surface area contributed by atoms with Crippen molar-refractivity contribution in [2.24, 2.45) is 0 Å². The summed E-state index contributed by atoms with van der Waals surface area (Å²) in [7, 11) is 1.53. The van der Waals surface area contributed by atoms with E-state index in [1.807, 2.05) is 13.8 Å². The van der Waals surface area contributed by atoms with Gasteiger partial charge in [0, 0.05) is 13.8 Å². The predicted molar refractivity (Wildman–Crippen MR) is 87.6 cm³/mol. The van der Waals surface area contributed by atoms with Crippen LogP contribution in [-0.2, 0) is 19.1 Å². The van der Waals surface area contributed by atoms with Gasteiger partial charge in [-0.2, -0.15) is 0 Å². The first-order chi connectivity index (χ1) is 11.3. The Bertz CT molecular complexity index is 652. The normalized spacial score (nSPS) is 17.6. The Morgan fingerprint density at radius 3 is 2.33 bits per heavy atom. The molecule has 1 aliphatic rings. The van der Waals surface area contributed by atoms with Crippen molar-refractivity contribution in [2.45, 2.75) is 46.0 Å². The molecule has 1 heterocycles. The first-order valence-corrected chi connectivity index (χ1v) is 7.79. The topological polar surface area (TPSA) is 71.1 Å². The fraction of sp³-hybridized carbons (Fsp3) is 0.444. The average molecular weight is 334 g/mol. The lowest BCUT2D eigenvalue weighted by atomic mass is 10.1. The van der Waals surface area contributed by atoms with E-state index in [0.29, 0.717) is 17.1 Å². The smallest absolute Gasteiger partial charge is 0.348 e. The number of ether oxygens (including phenoxy) is 4. The van der Waals surface area contributed by atoms with E-state index in [9.17, 15) is 9.59 Å². The number of rotatable bonds is 5. The summed E-state index contributed by atoms with van der Waals surface area (Å²) in [6.07, 6.45) is 2.33. The highest BCUT2D eigenvalue weighted by Gasteiger charge is 2.38. The molecule has 0 radical (unpaired) electrons. The van der Waals surface area contributed by atoms with Crippen LogP contribution in [0.4, 0.5) is 0 Å². The van der Waals surface area contributed by atoms with Crippen molar-refractivity contribution in [1.29, 1.82) is 0 Å². The van der Waals surface area contributed by atoms with Gasteiger partial charge in [0.25, 0.3) is 5.79 Å². The van der Waals surface area contributed by atoms with Crippen LogP contribution < -0.4 is 9.47 Å². The highest BCUT2D eigenvalue weighted by atomic mass is 16.7. The van der Waals surface area contributed by atoms with Crippen LogP contribution in [0.2, 0.25) is 0 Å². The fourth-order valence-corrected chi connectivity index (χ4v) is 2.12. The molecule has 130 valence electrons. The van der Waals surface area contributed by atoms with Gasteiger partial charge < -0.3 is 18.9 Å². The zero-order valence-corrected chi connectivity index (χ0v) is 14.5. The van der Waals surface area contributed by atoms with Crippen molar-refractivity contribution >= 4 is 18.0 Å². The molecule has 1 saturated heterocycles. The van der Waals surface area contributed by atoms with Crippen molar-refractivity contribution < 1.29 is 28.5 Å². The van der Waals surface area contributed by atoms with Gasteiger partial charge in [0.1, 0.15) is 5.57 Å². The van der Waals surface area contributed by atoms with Gasteiger partial charge >= 0.3 is 11.9 Å². The number of hydrogen-bond donors (Lipinski definition) is 0. The van der Waals surface area contributed by atoms with Crippen LogP contribution in [-0.4, -0.2) is 30.9 Å². The Labute approximate surface area is 141 Å². The highest BCUT2D eigenvalue weighted by molar-refractivity contribution is 6.18. The summed E-state index contributed by atoms with van der Waals surface area (Å²) in [4.78, 5) is 24.0. The minimum Gasteiger partial charge on any atom is -0.493 e. The molecule has 0 aromatic heterocycles. The van der Waals surface area contributed by atoms with Crippen molar-refractivity contribution in [3.05, 3.63) is 29.3 Å². The molecular weight excluding hydrogens is 312 g/mol. The molecule has 2 rings (SSSR count). The second-order valence-corrected chi connectivity index (χ2v) is 5.98. The Morgan fingerprint density at radius 2 is 1.79 bits per heavy atom. The number of methoxy groups -OCH3 is 1. The summed E-state index contributed by atoms with van der Waals surface area (Å²) >= 11 is 0. The number of cyclic esters (lactones) is 2. The van der Waals surface area contributed by atoms with E-state index >= 15 is 0 Å². The van der Waals surface area contributed by atoms with Gasteiger partial charge in [-0.15, -0.1) is 0 Å². The number of carbonyl (C=O) groups excluding carboxylic acids is 2. The van der Waals surface area contributed by atoms with Gasteiger partial charge in [-0.3, -0.25) is 0 Å². The molecule has 1 fully saturated rings. The summed E-state index contributed by atoms with van der Waals surface area (Å²) < 4.78 is 21.2. The Hall–Kier alpha value is -2.50. The third kappa shape index (κ3) is 4.07. The molecule has 1 atom stereocenters. The van der Waals surface area contributed by atoms with Crippen LogP contribution in [0.3, 0.4) is 0 Å². The van der Waals surface area contributed by atoms with E-state index in [0.717, 1.165) is 6.42 Å². The first-order valence-electron chi connectivity index (χ1n) is 7.79. The van der Waals surface area contributed by atoms with E-state index in [2.05, 4.69) is 0 Å². The van der Waals surface area contributed by atoms with Crippen LogP contribution in [0.5, 0.6) is 11.5 Å². The molecule has 0 amide bonds. The Balaban J connectivity index is 2.29. The van der Waals surface area contributed by atoms with Gasteiger partial charge in [0.2, 0.25) is 0 Å². The predicted octanol–water partition coefficient (Wildman–Crippen LogP) is 3.09. The molecule has 0 N–H and O–H groups in total. The molecule has 6 heteroatoms. The fourth-order valence-electron chi connectivity index (χ4n) is 2.12. The molecule has 1 aromatic rings. The van der Waals surface area contributed by atoms with Crippen LogP contribution >= 0.6 is 0 Å². The monoisotopic (exact) mass is 334 g/mol. The molecule has 1 aromatic carbocycles. The lowest BCUT2D eigenvalue weighted by molar-refractivity contribution is -0.222. The van der Waals surface area contributed by atoms with Crippen LogP contribution in [0.15, 0.2) is 23.8 Å². The second kappa shape index (κ2) is 6.95. The average Bonchev–Trinajstić information content (AvgIpc) is 2.51. The third-order valence-electron chi connectivity index (χ3n) is 3.52. The molecule has 0 bridgehead atoms. The second-order valence-electron chi connectivity index (χ2n) is 5.98. The maximum atomic E-state index is 12.0. The van der Waals surface area contributed by atoms with Crippen molar-refractivity contribution in [3.63, 3.8) is 0 Å². The van der Waals surface area contributed by atoms with E-state index < -0.39 is 17.7 Å². The van der Waals surface area contributed by atoms with Crippen molar-refractivity contribution in [1.82, 2.24) is 0 Å². The SMILES string of the molecule is CCC(C)Oc1ccc(C=C2C(=O)OC(C)(C)OC2=O)cc1OC.